The maximum absolute atomic E-state index is 6.01. The molecule has 0 spiro atoms. The van der Waals surface area contributed by atoms with Crippen LogP contribution in [0.15, 0.2) is 54.6 Å². The van der Waals surface area contributed by atoms with Crippen LogP contribution in [0.4, 0.5) is 0 Å². The van der Waals surface area contributed by atoms with Crippen LogP contribution in [-0.2, 0) is 0 Å². The van der Waals surface area contributed by atoms with Crippen LogP contribution in [0.2, 0.25) is 0 Å². The van der Waals surface area contributed by atoms with E-state index >= 15 is 0 Å². The van der Waals surface area contributed by atoms with Crippen LogP contribution in [0.1, 0.15) is 12.8 Å². The van der Waals surface area contributed by atoms with Gasteiger partial charge in [0, 0.05) is 6.04 Å². The number of benzene rings is 2. The zero-order chi connectivity index (χ0) is 13.8. The molecule has 104 valence electrons. The predicted octanol–water partition coefficient (Wildman–Crippen LogP) is 3.60. The third-order valence-corrected chi connectivity index (χ3v) is 3.47. The Morgan fingerprint density at radius 1 is 0.900 bits per heavy atom. The molecule has 3 heteroatoms. The molecule has 1 unspecified atom stereocenters. The summed E-state index contributed by atoms with van der Waals surface area (Å²) in [5, 5.41) is 0. The van der Waals surface area contributed by atoms with Gasteiger partial charge in [-0.25, -0.2) is 0 Å². The Morgan fingerprint density at radius 2 is 1.50 bits per heavy atom. The molecule has 1 aliphatic carbocycles. The minimum atomic E-state index is 0.162. The highest BCUT2D eigenvalue weighted by Crippen LogP contribution is 2.32. The van der Waals surface area contributed by atoms with Gasteiger partial charge in [0.05, 0.1) is 0 Å². The molecule has 3 rings (SSSR count). The zero-order valence-electron chi connectivity index (χ0n) is 11.4. The van der Waals surface area contributed by atoms with Crippen molar-refractivity contribution in [2.24, 2.45) is 11.7 Å². The Bertz CT molecular complexity index is 535. The van der Waals surface area contributed by atoms with Gasteiger partial charge >= 0.3 is 0 Å². The van der Waals surface area contributed by atoms with Gasteiger partial charge in [-0.15, -0.1) is 0 Å². The fourth-order valence-electron chi connectivity index (χ4n) is 2.08. The summed E-state index contributed by atoms with van der Waals surface area (Å²) in [7, 11) is 0. The van der Waals surface area contributed by atoms with Gasteiger partial charge in [0.2, 0.25) is 0 Å². The van der Waals surface area contributed by atoms with Crippen molar-refractivity contribution in [1.29, 1.82) is 0 Å². The second kappa shape index (κ2) is 5.97. The summed E-state index contributed by atoms with van der Waals surface area (Å²) in [6, 6.07) is 17.5. The van der Waals surface area contributed by atoms with Gasteiger partial charge in [-0.2, -0.15) is 0 Å². The van der Waals surface area contributed by atoms with Gasteiger partial charge in [-0.3, -0.25) is 0 Å². The van der Waals surface area contributed by atoms with E-state index in [1.54, 1.807) is 0 Å². The predicted molar refractivity (Wildman–Crippen MR) is 79.2 cm³/mol. The Balaban J connectivity index is 1.54. The second-order valence-electron chi connectivity index (χ2n) is 5.20. The Hall–Kier alpha value is -2.00. The fourth-order valence-corrected chi connectivity index (χ4v) is 2.08. The molecule has 0 heterocycles. The molecule has 1 saturated carbocycles. The van der Waals surface area contributed by atoms with Crippen molar-refractivity contribution >= 4 is 0 Å². The van der Waals surface area contributed by atoms with Crippen LogP contribution in [0, 0.1) is 5.92 Å². The first kappa shape index (κ1) is 13.0. The van der Waals surface area contributed by atoms with E-state index in [1.807, 2.05) is 54.6 Å². The van der Waals surface area contributed by atoms with Gasteiger partial charge in [0.1, 0.15) is 23.9 Å². The average Bonchev–Trinajstić information content (AvgIpc) is 3.32. The minimum absolute atomic E-state index is 0.162. The maximum Gasteiger partial charge on any atom is 0.127 e. The molecular formula is C17H19NO2. The van der Waals surface area contributed by atoms with Gasteiger partial charge in [0.15, 0.2) is 0 Å². The molecule has 2 N–H and O–H groups in total. The molecule has 0 bridgehead atoms. The highest BCUT2D eigenvalue weighted by Gasteiger charge is 2.28. The molecule has 2 aromatic carbocycles. The summed E-state index contributed by atoms with van der Waals surface area (Å²) < 4.78 is 11.4. The molecule has 0 radical (unpaired) electrons. The van der Waals surface area contributed by atoms with Crippen molar-refractivity contribution in [3.63, 3.8) is 0 Å². The van der Waals surface area contributed by atoms with Crippen LogP contribution in [0.5, 0.6) is 17.2 Å². The molecule has 0 aromatic heterocycles. The van der Waals surface area contributed by atoms with Crippen LogP contribution in [0.3, 0.4) is 0 Å². The Kier molecular flexibility index (Phi) is 3.88. The minimum Gasteiger partial charge on any atom is -0.492 e. The van der Waals surface area contributed by atoms with Gasteiger partial charge in [0.25, 0.3) is 0 Å². The van der Waals surface area contributed by atoms with Crippen molar-refractivity contribution in [3.05, 3.63) is 54.6 Å². The molecule has 2 aromatic rings. The first-order valence-electron chi connectivity index (χ1n) is 7.02. The van der Waals surface area contributed by atoms with E-state index in [4.69, 9.17) is 15.2 Å². The normalized spacial score (nSPS) is 15.7. The van der Waals surface area contributed by atoms with E-state index in [9.17, 15) is 0 Å². The molecule has 0 saturated heterocycles. The van der Waals surface area contributed by atoms with E-state index < -0.39 is 0 Å². The van der Waals surface area contributed by atoms with Crippen LogP contribution < -0.4 is 15.2 Å². The van der Waals surface area contributed by atoms with Crippen molar-refractivity contribution in [2.75, 3.05) is 6.61 Å². The Morgan fingerprint density at radius 3 is 2.15 bits per heavy atom. The van der Waals surface area contributed by atoms with E-state index in [-0.39, 0.29) is 6.04 Å². The number of para-hydroxylation sites is 1. The van der Waals surface area contributed by atoms with Crippen LogP contribution in [-0.4, -0.2) is 12.6 Å². The standard InChI is InChI=1S/C17H19NO2/c18-17(13-6-7-13)12-19-14-8-10-16(11-9-14)20-15-4-2-1-3-5-15/h1-5,8-11,13,17H,6-7,12,18H2. The highest BCUT2D eigenvalue weighted by molar-refractivity contribution is 5.35. The SMILES string of the molecule is NC(COc1ccc(Oc2ccccc2)cc1)C1CC1. The molecule has 3 nitrogen and oxygen atoms in total. The molecule has 1 fully saturated rings. The number of hydrogen-bond donors (Lipinski definition) is 1. The number of ether oxygens (including phenoxy) is 2. The molecular weight excluding hydrogens is 250 g/mol. The largest absolute Gasteiger partial charge is 0.492 e. The van der Waals surface area contributed by atoms with Gasteiger partial charge in [-0.05, 0) is 55.2 Å². The summed E-state index contributed by atoms with van der Waals surface area (Å²) in [5.74, 6) is 3.13. The maximum atomic E-state index is 6.01. The monoisotopic (exact) mass is 269 g/mol. The van der Waals surface area contributed by atoms with Crippen molar-refractivity contribution in [1.82, 2.24) is 0 Å². The lowest BCUT2D eigenvalue weighted by Gasteiger charge is -2.12. The lowest BCUT2D eigenvalue weighted by Crippen LogP contribution is -2.29. The number of hydrogen-bond acceptors (Lipinski definition) is 3. The lowest BCUT2D eigenvalue weighted by molar-refractivity contribution is 0.276. The summed E-state index contributed by atoms with van der Waals surface area (Å²) in [6.45, 7) is 0.587. The molecule has 0 amide bonds. The topological polar surface area (TPSA) is 44.5 Å². The summed E-state index contributed by atoms with van der Waals surface area (Å²) in [6.07, 6.45) is 2.49. The van der Waals surface area contributed by atoms with Gasteiger partial charge < -0.3 is 15.2 Å². The fraction of sp³-hybridized carbons (Fsp3) is 0.294. The van der Waals surface area contributed by atoms with Crippen molar-refractivity contribution in [2.45, 2.75) is 18.9 Å². The van der Waals surface area contributed by atoms with E-state index in [2.05, 4.69) is 0 Å². The summed E-state index contributed by atoms with van der Waals surface area (Å²) >= 11 is 0. The van der Waals surface area contributed by atoms with Crippen LogP contribution in [0.25, 0.3) is 0 Å². The van der Waals surface area contributed by atoms with E-state index in [0.29, 0.717) is 12.5 Å². The average molecular weight is 269 g/mol. The molecule has 20 heavy (non-hydrogen) atoms. The van der Waals surface area contributed by atoms with Gasteiger partial charge in [-0.1, -0.05) is 18.2 Å². The molecule has 1 atom stereocenters. The Labute approximate surface area is 119 Å². The van der Waals surface area contributed by atoms with Crippen molar-refractivity contribution in [3.8, 4) is 17.2 Å². The highest BCUT2D eigenvalue weighted by atomic mass is 16.5. The van der Waals surface area contributed by atoms with E-state index in [1.165, 1.54) is 12.8 Å². The first-order valence-corrected chi connectivity index (χ1v) is 7.02. The lowest BCUT2D eigenvalue weighted by atomic mass is 10.2. The molecule has 0 aliphatic heterocycles. The number of rotatable bonds is 6. The zero-order valence-corrected chi connectivity index (χ0v) is 11.4. The molecule has 1 aliphatic rings. The first-order chi connectivity index (χ1) is 9.81. The third kappa shape index (κ3) is 3.52. The van der Waals surface area contributed by atoms with Crippen molar-refractivity contribution < 1.29 is 9.47 Å². The van der Waals surface area contributed by atoms with E-state index in [0.717, 1.165) is 17.2 Å². The second-order valence-corrected chi connectivity index (χ2v) is 5.20. The third-order valence-electron chi connectivity index (χ3n) is 3.47. The quantitative estimate of drug-likeness (QED) is 0.871. The summed E-state index contributed by atoms with van der Waals surface area (Å²) in [5.41, 5.74) is 6.01. The smallest absolute Gasteiger partial charge is 0.127 e. The summed E-state index contributed by atoms with van der Waals surface area (Å²) in [4.78, 5) is 0. The number of nitrogens with two attached hydrogens (primary N) is 1. The van der Waals surface area contributed by atoms with Crippen LogP contribution >= 0.6 is 0 Å².